The Morgan fingerprint density at radius 1 is 1.53 bits per heavy atom. The number of benzene rings is 1. The molecule has 0 amide bonds. The molecule has 1 fully saturated rings. The number of hydrogen-bond acceptors (Lipinski definition) is 3. The SMILES string of the molecule is COC(=O)CN1CC(c2ccccc2)NC1=S. The van der Waals surface area contributed by atoms with Crippen LogP contribution in [-0.2, 0) is 9.53 Å². The molecule has 0 bridgehead atoms. The molecule has 5 heteroatoms. The highest BCUT2D eigenvalue weighted by Crippen LogP contribution is 2.19. The number of rotatable bonds is 3. The van der Waals surface area contributed by atoms with Gasteiger partial charge in [-0.05, 0) is 17.8 Å². The van der Waals surface area contributed by atoms with Crippen molar-refractivity contribution in [2.75, 3.05) is 20.2 Å². The van der Waals surface area contributed by atoms with Gasteiger partial charge in [-0.1, -0.05) is 30.3 Å². The molecule has 1 aromatic carbocycles. The number of carbonyl (C=O) groups is 1. The van der Waals surface area contributed by atoms with Gasteiger partial charge in [0, 0.05) is 6.54 Å². The summed E-state index contributed by atoms with van der Waals surface area (Å²) in [5.41, 5.74) is 1.17. The molecule has 1 aliphatic heterocycles. The van der Waals surface area contributed by atoms with Crippen LogP contribution in [0.2, 0.25) is 0 Å². The zero-order chi connectivity index (χ0) is 12.3. The van der Waals surface area contributed by atoms with Crippen LogP contribution in [0.1, 0.15) is 11.6 Å². The maximum atomic E-state index is 11.2. The van der Waals surface area contributed by atoms with Crippen LogP contribution >= 0.6 is 12.2 Å². The van der Waals surface area contributed by atoms with Crippen molar-refractivity contribution in [3.63, 3.8) is 0 Å². The Morgan fingerprint density at radius 3 is 2.88 bits per heavy atom. The van der Waals surface area contributed by atoms with E-state index in [-0.39, 0.29) is 18.6 Å². The number of esters is 1. The van der Waals surface area contributed by atoms with Gasteiger partial charge in [-0.2, -0.15) is 0 Å². The van der Waals surface area contributed by atoms with Crippen molar-refractivity contribution in [3.8, 4) is 0 Å². The van der Waals surface area contributed by atoms with Crippen molar-refractivity contribution in [3.05, 3.63) is 35.9 Å². The van der Waals surface area contributed by atoms with Crippen molar-refractivity contribution in [1.82, 2.24) is 10.2 Å². The summed E-state index contributed by atoms with van der Waals surface area (Å²) in [6, 6.07) is 10.2. The van der Waals surface area contributed by atoms with Gasteiger partial charge in [-0.25, -0.2) is 0 Å². The molecule has 0 aliphatic carbocycles. The Morgan fingerprint density at radius 2 is 2.24 bits per heavy atom. The molecule has 4 nitrogen and oxygen atoms in total. The van der Waals surface area contributed by atoms with Gasteiger partial charge in [-0.15, -0.1) is 0 Å². The smallest absolute Gasteiger partial charge is 0.325 e. The first-order valence-corrected chi connectivity index (χ1v) is 5.78. The molecule has 0 spiro atoms. The number of carbonyl (C=O) groups excluding carboxylic acids is 1. The van der Waals surface area contributed by atoms with Crippen LogP contribution in [0.4, 0.5) is 0 Å². The predicted octanol–water partition coefficient (Wildman–Crippen LogP) is 1.09. The van der Waals surface area contributed by atoms with Crippen LogP contribution in [0.15, 0.2) is 30.3 Å². The molecular weight excluding hydrogens is 236 g/mol. The molecular formula is C12H14N2O2S. The standard InChI is InChI=1S/C12H14N2O2S/c1-16-11(15)8-14-7-10(13-12(14)17)9-5-3-2-4-6-9/h2-6,10H,7-8H2,1H3,(H,13,17). The van der Waals surface area contributed by atoms with Crippen molar-refractivity contribution in [1.29, 1.82) is 0 Å². The normalized spacial score (nSPS) is 19.0. The zero-order valence-corrected chi connectivity index (χ0v) is 10.4. The van der Waals surface area contributed by atoms with E-state index in [0.717, 1.165) is 0 Å². The van der Waals surface area contributed by atoms with Gasteiger partial charge in [0.25, 0.3) is 0 Å². The molecule has 1 aliphatic rings. The van der Waals surface area contributed by atoms with Crippen LogP contribution in [0.5, 0.6) is 0 Å². The second-order valence-corrected chi connectivity index (χ2v) is 4.26. The molecule has 1 N–H and O–H groups in total. The number of thiocarbonyl (C=S) groups is 1. The molecule has 1 saturated heterocycles. The largest absolute Gasteiger partial charge is 0.468 e. The Balaban J connectivity index is 2.02. The van der Waals surface area contributed by atoms with E-state index in [4.69, 9.17) is 12.2 Å². The van der Waals surface area contributed by atoms with Gasteiger partial charge < -0.3 is 15.0 Å². The Hall–Kier alpha value is -1.62. The third-order valence-electron chi connectivity index (χ3n) is 2.74. The Kier molecular flexibility index (Phi) is 3.58. The van der Waals surface area contributed by atoms with Crippen molar-refractivity contribution >= 4 is 23.3 Å². The number of ether oxygens (including phenoxy) is 1. The first kappa shape index (κ1) is 11.9. The lowest BCUT2D eigenvalue weighted by Gasteiger charge is -2.14. The maximum Gasteiger partial charge on any atom is 0.325 e. The Labute approximate surface area is 106 Å². The predicted molar refractivity (Wildman–Crippen MR) is 68.5 cm³/mol. The molecule has 1 heterocycles. The second-order valence-electron chi connectivity index (χ2n) is 3.87. The van der Waals surface area contributed by atoms with Gasteiger partial charge >= 0.3 is 5.97 Å². The van der Waals surface area contributed by atoms with Crippen molar-refractivity contribution < 1.29 is 9.53 Å². The number of hydrogen-bond donors (Lipinski definition) is 1. The molecule has 0 aromatic heterocycles. The van der Waals surface area contributed by atoms with Gasteiger partial charge in [0.05, 0.1) is 13.2 Å². The van der Waals surface area contributed by atoms with Gasteiger partial charge in [0.1, 0.15) is 6.54 Å². The highest BCUT2D eigenvalue weighted by atomic mass is 32.1. The molecule has 2 rings (SSSR count). The van der Waals surface area contributed by atoms with Crippen LogP contribution in [-0.4, -0.2) is 36.2 Å². The lowest BCUT2D eigenvalue weighted by atomic mass is 10.1. The van der Waals surface area contributed by atoms with E-state index in [2.05, 4.69) is 10.1 Å². The summed E-state index contributed by atoms with van der Waals surface area (Å²) < 4.78 is 4.63. The third-order valence-corrected chi connectivity index (χ3v) is 3.11. The number of nitrogens with one attached hydrogen (secondary N) is 1. The summed E-state index contributed by atoms with van der Waals surface area (Å²) in [5.74, 6) is -0.275. The molecule has 1 aromatic rings. The third kappa shape index (κ3) is 2.74. The van der Waals surface area contributed by atoms with Crippen LogP contribution < -0.4 is 5.32 Å². The summed E-state index contributed by atoms with van der Waals surface area (Å²) in [7, 11) is 1.38. The van der Waals surface area contributed by atoms with E-state index in [1.807, 2.05) is 35.2 Å². The van der Waals surface area contributed by atoms with Gasteiger partial charge in [0.2, 0.25) is 0 Å². The van der Waals surface area contributed by atoms with Crippen molar-refractivity contribution in [2.24, 2.45) is 0 Å². The van der Waals surface area contributed by atoms with Crippen LogP contribution in [0, 0.1) is 0 Å². The van der Waals surface area contributed by atoms with E-state index in [9.17, 15) is 4.79 Å². The molecule has 0 saturated carbocycles. The highest BCUT2D eigenvalue weighted by Gasteiger charge is 2.28. The van der Waals surface area contributed by atoms with Crippen molar-refractivity contribution in [2.45, 2.75) is 6.04 Å². The molecule has 1 atom stereocenters. The quantitative estimate of drug-likeness (QED) is 0.642. The van der Waals surface area contributed by atoms with E-state index in [0.29, 0.717) is 11.7 Å². The molecule has 17 heavy (non-hydrogen) atoms. The maximum absolute atomic E-state index is 11.2. The molecule has 0 radical (unpaired) electrons. The minimum absolute atomic E-state index is 0.147. The molecule has 1 unspecified atom stereocenters. The summed E-state index contributed by atoms with van der Waals surface area (Å²) >= 11 is 5.19. The summed E-state index contributed by atoms with van der Waals surface area (Å²) in [6.07, 6.45) is 0. The summed E-state index contributed by atoms with van der Waals surface area (Å²) in [5, 5.41) is 3.80. The monoisotopic (exact) mass is 250 g/mol. The minimum atomic E-state index is -0.275. The minimum Gasteiger partial charge on any atom is -0.468 e. The Bertz CT molecular complexity index is 422. The fraction of sp³-hybridized carbons (Fsp3) is 0.333. The van der Waals surface area contributed by atoms with Gasteiger partial charge in [0.15, 0.2) is 5.11 Å². The first-order valence-electron chi connectivity index (χ1n) is 5.38. The van der Waals surface area contributed by atoms with Crippen LogP contribution in [0.3, 0.4) is 0 Å². The van der Waals surface area contributed by atoms with Gasteiger partial charge in [-0.3, -0.25) is 4.79 Å². The fourth-order valence-electron chi connectivity index (χ4n) is 1.82. The average molecular weight is 250 g/mol. The van der Waals surface area contributed by atoms with E-state index in [1.165, 1.54) is 12.7 Å². The van der Waals surface area contributed by atoms with Crippen LogP contribution in [0.25, 0.3) is 0 Å². The zero-order valence-electron chi connectivity index (χ0n) is 9.55. The lowest BCUT2D eigenvalue weighted by molar-refractivity contribution is -0.140. The summed E-state index contributed by atoms with van der Waals surface area (Å²) in [6.45, 7) is 0.892. The average Bonchev–Trinajstić information content (AvgIpc) is 2.72. The first-order chi connectivity index (χ1) is 8.20. The highest BCUT2D eigenvalue weighted by molar-refractivity contribution is 7.80. The van der Waals surface area contributed by atoms with E-state index in [1.54, 1.807) is 0 Å². The van der Waals surface area contributed by atoms with E-state index >= 15 is 0 Å². The van der Waals surface area contributed by atoms with E-state index < -0.39 is 0 Å². The topological polar surface area (TPSA) is 41.6 Å². The lowest BCUT2D eigenvalue weighted by Crippen LogP contribution is -2.33. The second kappa shape index (κ2) is 5.14. The number of nitrogens with zero attached hydrogens (tertiary/aromatic N) is 1. The number of methoxy groups -OCH3 is 1. The fourth-order valence-corrected chi connectivity index (χ4v) is 2.10. The summed E-state index contributed by atoms with van der Waals surface area (Å²) in [4.78, 5) is 13.0. The molecule has 90 valence electrons.